The molecule has 0 fully saturated rings. The van der Waals surface area contributed by atoms with Gasteiger partial charge >= 0.3 is 5.97 Å². The molecule has 0 atom stereocenters. The van der Waals surface area contributed by atoms with Crippen LogP contribution in [0.2, 0.25) is 0 Å². The minimum atomic E-state index is -3.69. The molecule has 0 aromatic heterocycles. The number of carboxylic acids is 1. The second-order valence-corrected chi connectivity index (χ2v) is 6.07. The van der Waals surface area contributed by atoms with Crippen molar-refractivity contribution in [2.24, 2.45) is 0 Å². The van der Waals surface area contributed by atoms with Gasteiger partial charge < -0.3 is 9.84 Å². The first-order valence-electron chi connectivity index (χ1n) is 6.49. The molecule has 0 saturated heterocycles. The van der Waals surface area contributed by atoms with Gasteiger partial charge in [0.1, 0.15) is 10.6 Å². The van der Waals surface area contributed by atoms with Crippen LogP contribution in [0.3, 0.4) is 0 Å². The fourth-order valence-electron chi connectivity index (χ4n) is 1.64. The topological polar surface area (TPSA) is 92.7 Å². The third kappa shape index (κ3) is 5.20. The summed E-state index contributed by atoms with van der Waals surface area (Å²) in [4.78, 5) is 10.5. The van der Waals surface area contributed by atoms with Gasteiger partial charge in [-0.1, -0.05) is 19.4 Å². The van der Waals surface area contributed by atoms with E-state index >= 15 is 0 Å². The van der Waals surface area contributed by atoms with E-state index in [0.717, 1.165) is 18.9 Å². The number of aliphatic carboxylic acids is 1. The van der Waals surface area contributed by atoms with Gasteiger partial charge in [0.2, 0.25) is 10.0 Å². The van der Waals surface area contributed by atoms with Crippen molar-refractivity contribution in [2.75, 3.05) is 13.7 Å². The number of benzene rings is 1. The zero-order chi connectivity index (χ0) is 15.9. The zero-order valence-electron chi connectivity index (χ0n) is 12.0. The summed E-state index contributed by atoms with van der Waals surface area (Å²) in [7, 11) is -2.31. The van der Waals surface area contributed by atoms with Crippen LogP contribution in [0.5, 0.6) is 5.75 Å². The lowest BCUT2D eigenvalue weighted by Gasteiger charge is -2.11. The van der Waals surface area contributed by atoms with Gasteiger partial charge in [-0.25, -0.2) is 17.9 Å². The van der Waals surface area contributed by atoms with Crippen LogP contribution in [-0.2, 0) is 14.8 Å². The molecule has 0 spiro atoms. The molecule has 1 aromatic rings. The van der Waals surface area contributed by atoms with Crippen LogP contribution < -0.4 is 9.46 Å². The third-order valence-corrected chi connectivity index (χ3v) is 4.20. The number of ether oxygens (including phenoxy) is 1. The molecule has 0 amide bonds. The average molecular weight is 313 g/mol. The summed E-state index contributed by atoms with van der Waals surface area (Å²) in [6, 6.07) is 4.46. The molecule has 0 aliphatic carbocycles. The highest BCUT2D eigenvalue weighted by atomic mass is 32.2. The van der Waals surface area contributed by atoms with Gasteiger partial charge in [0.25, 0.3) is 0 Å². The van der Waals surface area contributed by atoms with E-state index in [1.54, 1.807) is 6.07 Å². The molecule has 21 heavy (non-hydrogen) atoms. The van der Waals surface area contributed by atoms with Crippen LogP contribution in [0.15, 0.2) is 29.2 Å². The van der Waals surface area contributed by atoms with Crippen molar-refractivity contribution in [1.29, 1.82) is 0 Å². The molecular formula is C14H19NO5S. The van der Waals surface area contributed by atoms with Crippen molar-refractivity contribution in [1.82, 2.24) is 4.72 Å². The van der Waals surface area contributed by atoms with Crippen LogP contribution in [-0.4, -0.2) is 33.1 Å². The molecule has 1 rings (SSSR count). The highest BCUT2D eigenvalue weighted by molar-refractivity contribution is 7.89. The summed E-state index contributed by atoms with van der Waals surface area (Å²) < 4.78 is 32.0. The molecule has 0 radical (unpaired) electrons. The van der Waals surface area contributed by atoms with Crippen LogP contribution in [0.25, 0.3) is 6.08 Å². The van der Waals surface area contributed by atoms with E-state index in [1.807, 2.05) is 6.92 Å². The van der Waals surface area contributed by atoms with E-state index in [0.29, 0.717) is 12.1 Å². The number of carboxylic acid groups (broad SMARTS) is 1. The van der Waals surface area contributed by atoms with E-state index in [2.05, 4.69) is 4.72 Å². The van der Waals surface area contributed by atoms with Crippen LogP contribution in [0, 0.1) is 0 Å². The molecule has 0 bridgehead atoms. The first kappa shape index (κ1) is 17.2. The Labute approximate surface area is 124 Å². The smallest absolute Gasteiger partial charge is 0.328 e. The van der Waals surface area contributed by atoms with Crippen molar-refractivity contribution in [3.05, 3.63) is 29.8 Å². The molecule has 6 nitrogen and oxygen atoms in total. The quantitative estimate of drug-likeness (QED) is 0.564. The Hall–Kier alpha value is -1.86. The number of sulfonamides is 1. The zero-order valence-corrected chi connectivity index (χ0v) is 12.8. The maximum Gasteiger partial charge on any atom is 0.328 e. The number of nitrogens with one attached hydrogen (secondary N) is 1. The molecule has 2 N–H and O–H groups in total. The summed E-state index contributed by atoms with van der Waals surface area (Å²) in [5.74, 6) is -0.886. The van der Waals surface area contributed by atoms with Crippen molar-refractivity contribution in [3.8, 4) is 5.75 Å². The van der Waals surface area contributed by atoms with E-state index in [4.69, 9.17) is 9.84 Å². The molecule has 0 aliphatic rings. The number of unbranched alkanes of at least 4 members (excludes halogenated alkanes) is 1. The Balaban J connectivity index is 3.13. The van der Waals surface area contributed by atoms with Gasteiger partial charge in [-0.05, 0) is 30.2 Å². The summed E-state index contributed by atoms with van der Waals surface area (Å²) in [6.45, 7) is 2.31. The summed E-state index contributed by atoms with van der Waals surface area (Å²) >= 11 is 0. The molecular weight excluding hydrogens is 294 g/mol. The number of rotatable bonds is 8. The predicted octanol–water partition coefficient (Wildman–Crippen LogP) is 1.87. The maximum atomic E-state index is 12.2. The minimum absolute atomic E-state index is 0.00589. The Kier molecular flexibility index (Phi) is 6.39. The van der Waals surface area contributed by atoms with Crippen molar-refractivity contribution in [2.45, 2.75) is 24.7 Å². The molecule has 0 saturated carbocycles. The van der Waals surface area contributed by atoms with Gasteiger partial charge in [-0.2, -0.15) is 0 Å². The average Bonchev–Trinajstić information content (AvgIpc) is 2.45. The number of hydrogen-bond donors (Lipinski definition) is 2. The van der Waals surface area contributed by atoms with Gasteiger partial charge in [-0.3, -0.25) is 0 Å². The van der Waals surface area contributed by atoms with Gasteiger partial charge in [-0.15, -0.1) is 0 Å². The van der Waals surface area contributed by atoms with Gasteiger partial charge in [0, 0.05) is 12.6 Å². The van der Waals surface area contributed by atoms with E-state index in [-0.39, 0.29) is 10.6 Å². The molecule has 0 aliphatic heterocycles. The predicted molar refractivity (Wildman–Crippen MR) is 79.8 cm³/mol. The van der Waals surface area contributed by atoms with Gasteiger partial charge in [0.15, 0.2) is 0 Å². The summed E-state index contributed by atoms with van der Waals surface area (Å²) in [6.07, 6.45) is 3.89. The maximum absolute atomic E-state index is 12.2. The monoisotopic (exact) mass is 313 g/mol. The number of hydrogen-bond acceptors (Lipinski definition) is 4. The normalized spacial score (nSPS) is 11.7. The van der Waals surface area contributed by atoms with E-state index in [1.165, 1.54) is 25.3 Å². The highest BCUT2D eigenvalue weighted by Crippen LogP contribution is 2.25. The fraction of sp³-hybridized carbons (Fsp3) is 0.357. The SMILES string of the molecule is CCCCNS(=O)(=O)c1cc(/C=C/C(=O)O)ccc1OC. The second-order valence-electron chi connectivity index (χ2n) is 4.33. The lowest BCUT2D eigenvalue weighted by molar-refractivity contribution is -0.131. The lowest BCUT2D eigenvalue weighted by Crippen LogP contribution is -2.25. The Bertz CT molecular complexity index is 622. The van der Waals surface area contributed by atoms with Crippen molar-refractivity contribution >= 4 is 22.1 Å². The lowest BCUT2D eigenvalue weighted by atomic mass is 10.2. The fourth-order valence-corrected chi connectivity index (χ4v) is 2.91. The minimum Gasteiger partial charge on any atom is -0.495 e. The first-order chi connectivity index (χ1) is 9.90. The standard InChI is InChI=1S/C14H19NO5S/c1-3-4-9-15-21(18,19)13-10-11(6-8-14(16)17)5-7-12(13)20-2/h5-8,10,15H,3-4,9H2,1-2H3,(H,16,17)/b8-6+. The molecule has 7 heteroatoms. The Morgan fingerprint density at radius 3 is 2.71 bits per heavy atom. The first-order valence-corrected chi connectivity index (χ1v) is 7.97. The number of carbonyl (C=O) groups is 1. The Morgan fingerprint density at radius 1 is 1.43 bits per heavy atom. The third-order valence-electron chi connectivity index (χ3n) is 2.72. The molecule has 0 heterocycles. The largest absolute Gasteiger partial charge is 0.495 e. The Morgan fingerprint density at radius 2 is 2.14 bits per heavy atom. The van der Waals surface area contributed by atoms with Crippen LogP contribution in [0.4, 0.5) is 0 Å². The van der Waals surface area contributed by atoms with Crippen LogP contribution >= 0.6 is 0 Å². The van der Waals surface area contributed by atoms with Crippen molar-refractivity contribution in [3.63, 3.8) is 0 Å². The molecule has 1 aromatic carbocycles. The van der Waals surface area contributed by atoms with Crippen molar-refractivity contribution < 1.29 is 23.1 Å². The second kappa shape index (κ2) is 7.80. The molecule has 0 unspecified atom stereocenters. The highest BCUT2D eigenvalue weighted by Gasteiger charge is 2.19. The van der Waals surface area contributed by atoms with Gasteiger partial charge in [0.05, 0.1) is 7.11 Å². The molecule has 116 valence electrons. The van der Waals surface area contributed by atoms with E-state index in [9.17, 15) is 13.2 Å². The number of methoxy groups -OCH3 is 1. The summed E-state index contributed by atoms with van der Waals surface area (Å²) in [5, 5.41) is 8.61. The van der Waals surface area contributed by atoms with Crippen LogP contribution in [0.1, 0.15) is 25.3 Å². The van der Waals surface area contributed by atoms with E-state index < -0.39 is 16.0 Å². The summed E-state index contributed by atoms with van der Waals surface area (Å²) in [5.41, 5.74) is 0.467.